The molecule has 1 aliphatic heterocycles. The fraction of sp³-hybridized carbons (Fsp3) is 0.538. The summed E-state index contributed by atoms with van der Waals surface area (Å²) in [6.45, 7) is 8.37. The lowest BCUT2D eigenvalue weighted by Gasteiger charge is -2.38. The number of nitrogens with zero attached hydrogens (tertiary/aromatic N) is 3. The highest BCUT2D eigenvalue weighted by Crippen LogP contribution is 2.22. The summed E-state index contributed by atoms with van der Waals surface area (Å²) in [7, 11) is 0. The molecule has 0 unspecified atom stereocenters. The van der Waals surface area contributed by atoms with Gasteiger partial charge in [-0.3, -0.25) is 0 Å². The summed E-state index contributed by atoms with van der Waals surface area (Å²) in [6.07, 6.45) is 0. The fourth-order valence-electron chi connectivity index (χ4n) is 2.09. The molecule has 0 amide bonds. The molecule has 4 heteroatoms. The Balaban J connectivity index is 2.28. The average molecular weight is 231 g/mol. The maximum Gasteiger partial charge on any atom is 0.130 e. The number of pyridine rings is 1. The monoisotopic (exact) mass is 231 g/mol. The van der Waals surface area contributed by atoms with Gasteiger partial charge in [0.25, 0.3) is 0 Å². The zero-order valence-electron chi connectivity index (χ0n) is 10.5. The third-order valence-electron chi connectivity index (χ3n) is 2.82. The van der Waals surface area contributed by atoms with Crippen LogP contribution in [-0.4, -0.2) is 30.3 Å². The molecule has 0 bridgehead atoms. The van der Waals surface area contributed by atoms with Crippen LogP contribution in [0, 0.1) is 18.3 Å². The van der Waals surface area contributed by atoms with Gasteiger partial charge >= 0.3 is 0 Å². The van der Waals surface area contributed by atoms with Crippen LogP contribution in [0.15, 0.2) is 12.1 Å². The predicted octanol–water partition coefficient (Wildman–Crippen LogP) is 1.88. The van der Waals surface area contributed by atoms with E-state index < -0.39 is 0 Å². The van der Waals surface area contributed by atoms with Gasteiger partial charge in [-0.15, -0.1) is 0 Å². The van der Waals surface area contributed by atoms with Crippen molar-refractivity contribution in [2.24, 2.45) is 0 Å². The first-order chi connectivity index (χ1) is 8.00. The molecule has 90 valence electrons. The van der Waals surface area contributed by atoms with Gasteiger partial charge in [-0.05, 0) is 32.9 Å². The zero-order chi connectivity index (χ0) is 12.5. The van der Waals surface area contributed by atoms with E-state index in [0.717, 1.165) is 24.6 Å². The van der Waals surface area contributed by atoms with Crippen molar-refractivity contribution in [2.75, 3.05) is 24.6 Å². The van der Waals surface area contributed by atoms with Gasteiger partial charge in [0.05, 0.1) is 23.8 Å². The first-order valence-electron chi connectivity index (χ1n) is 5.78. The van der Waals surface area contributed by atoms with E-state index in [9.17, 15) is 0 Å². The van der Waals surface area contributed by atoms with Gasteiger partial charge < -0.3 is 9.64 Å². The van der Waals surface area contributed by atoms with E-state index in [1.807, 2.05) is 13.0 Å². The topological polar surface area (TPSA) is 49.2 Å². The number of aromatic nitrogens is 1. The molecule has 17 heavy (non-hydrogen) atoms. The Morgan fingerprint density at radius 2 is 2.24 bits per heavy atom. The molecule has 0 saturated carbocycles. The smallest absolute Gasteiger partial charge is 0.130 e. The van der Waals surface area contributed by atoms with Gasteiger partial charge in [0.15, 0.2) is 0 Å². The Bertz CT molecular complexity index is 462. The lowest BCUT2D eigenvalue weighted by Crippen LogP contribution is -2.48. The average Bonchev–Trinajstić information content (AvgIpc) is 2.27. The van der Waals surface area contributed by atoms with E-state index in [4.69, 9.17) is 10.00 Å². The third kappa shape index (κ3) is 2.75. The van der Waals surface area contributed by atoms with Crippen LogP contribution in [0.3, 0.4) is 0 Å². The highest BCUT2D eigenvalue weighted by molar-refractivity contribution is 5.47. The minimum absolute atomic E-state index is 0.156. The molecule has 0 atom stereocenters. The maximum atomic E-state index is 8.97. The lowest BCUT2D eigenvalue weighted by atomic mass is 10.1. The first kappa shape index (κ1) is 11.9. The molecule has 0 radical (unpaired) electrons. The number of hydrogen-bond donors (Lipinski definition) is 0. The van der Waals surface area contributed by atoms with Gasteiger partial charge in [0, 0.05) is 18.8 Å². The van der Waals surface area contributed by atoms with Gasteiger partial charge in [-0.25, -0.2) is 4.98 Å². The lowest BCUT2D eigenvalue weighted by molar-refractivity contribution is -0.0279. The molecule has 1 fully saturated rings. The molecule has 1 aromatic heterocycles. The van der Waals surface area contributed by atoms with Gasteiger partial charge in [0.1, 0.15) is 5.82 Å². The van der Waals surface area contributed by atoms with E-state index in [1.165, 1.54) is 0 Å². The molecule has 4 nitrogen and oxygen atoms in total. The van der Waals surface area contributed by atoms with Crippen molar-refractivity contribution in [3.05, 3.63) is 23.4 Å². The molecule has 0 spiro atoms. The SMILES string of the molecule is Cc1cc(C#N)cc(N2CCOC(C)(C)C2)n1. The van der Waals surface area contributed by atoms with Crippen LogP contribution in [0.25, 0.3) is 0 Å². The second kappa shape index (κ2) is 4.34. The Morgan fingerprint density at radius 3 is 2.88 bits per heavy atom. The summed E-state index contributed by atoms with van der Waals surface area (Å²) in [6, 6.07) is 5.81. The molecule has 2 rings (SSSR count). The Morgan fingerprint density at radius 1 is 1.47 bits per heavy atom. The molecule has 0 aliphatic carbocycles. The van der Waals surface area contributed by atoms with Crippen LogP contribution in [0.4, 0.5) is 5.82 Å². The van der Waals surface area contributed by atoms with Crippen molar-refractivity contribution in [3.8, 4) is 6.07 Å². The maximum absolute atomic E-state index is 8.97. The summed E-state index contributed by atoms with van der Waals surface area (Å²) in [5.74, 6) is 0.873. The van der Waals surface area contributed by atoms with E-state index >= 15 is 0 Å². The minimum Gasteiger partial charge on any atom is -0.372 e. The molecule has 1 aromatic rings. The van der Waals surface area contributed by atoms with Crippen LogP contribution in [0.5, 0.6) is 0 Å². The predicted molar refractivity (Wildman–Crippen MR) is 65.9 cm³/mol. The van der Waals surface area contributed by atoms with Crippen molar-refractivity contribution >= 4 is 5.82 Å². The van der Waals surface area contributed by atoms with E-state index in [2.05, 4.69) is 29.8 Å². The Hall–Kier alpha value is -1.60. The molecular formula is C13H17N3O. The van der Waals surface area contributed by atoms with Crippen molar-refractivity contribution in [2.45, 2.75) is 26.4 Å². The largest absolute Gasteiger partial charge is 0.372 e. The molecule has 0 aromatic carbocycles. The van der Waals surface area contributed by atoms with Crippen molar-refractivity contribution in [1.82, 2.24) is 4.98 Å². The van der Waals surface area contributed by atoms with Gasteiger partial charge in [-0.1, -0.05) is 0 Å². The minimum atomic E-state index is -0.156. The molecular weight excluding hydrogens is 214 g/mol. The number of ether oxygens (including phenoxy) is 1. The summed E-state index contributed by atoms with van der Waals surface area (Å²) < 4.78 is 5.67. The summed E-state index contributed by atoms with van der Waals surface area (Å²) >= 11 is 0. The molecule has 1 aliphatic rings. The number of aryl methyl sites for hydroxylation is 1. The van der Waals surface area contributed by atoms with Crippen molar-refractivity contribution in [3.63, 3.8) is 0 Å². The van der Waals surface area contributed by atoms with Crippen LogP contribution in [-0.2, 0) is 4.74 Å². The van der Waals surface area contributed by atoms with E-state index in [0.29, 0.717) is 12.2 Å². The third-order valence-corrected chi connectivity index (χ3v) is 2.82. The Labute approximate surface area is 102 Å². The first-order valence-corrected chi connectivity index (χ1v) is 5.78. The molecule has 2 heterocycles. The van der Waals surface area contributed by atoms with Gasteiger partial charge in [0.2, 0.25) is 0 Å². The standard InChI is InChI=1S/C13H17N3O/c1-10-6-11(8-14)7-12(15-10)16-4-5-17-13(2,3)9-16/h6-7H,4-5,9H2,1-3H3. The molecule has 0 N–H and O–H groups in total. The Kier molecular flexibility index (Phi) is 3.03. The van der Waals surface area contributed by atoms with Crippen LogP contribution < -0.4 is 4.90 Å². The summed E-state index contributed by atoms with van der Waals surface area (Å²) in [5.41, 5.74) is 1.39. The summed E-state index contributed by atoms with van der Waals surface area (Å²) in [5, 5.41) is 8.97. The van der Waals surface area contributed by atoms with E-state index in [-0.39, 0.29) is 5.60 Å². The highest BCUT2D eigenvalue weighted by atomic mass is 16.5. The van der Waals surface area contributed by atoms with E-state index in [1.54, 1.807) is 6.07 Å². The van der Waals surface area contributed by atoms with Crippen molar-refractivity contribution in [1.29, 1.82) is 5.26 Å². The van der Waals surface area contributed by atoms with Crippen molar-refractivity contribution < 1.29 is 4.74 Å². The molecule has 1 saturated heterocycles. The highest BCUT2D eigenvalue weighted by Gasteiger charge is 2.28. The number of anilines is 1. The van der Waals surface area contributed by atoms with Crippen LogP contribution in [0.2, 0.25) is 0 Å². The second-order valence-corrected chi connectivity index (χ2v) is 5.00. The fourth-order valence-corrected chi connectivity index (χ4v) is 2.09. The number of morpholine rings is 1. The number of nitriles is 1. The quantitative estimate of drug-likeness (QED) is 0.740. The number of hydrogen-bond acceptors (Lipinski definition) is 4. The normalized spacial score (nSPS) is 18.8. The van der Waals surface area contributed by atoms with Crippen LogP contribution >= 0.6 is 0 Å². The van der Waals surface area contributed by atoms with Crippen LogP contribution in [0.1, 0.15) is 25.1 Å². The zero-order valence-corrected chi connectivity index (χ0v) is 10.5. The van der Waals surface area contributed by atoms with Gasteiger partial charge in [-0.2, -0.15) is 5.26 Å². The number of rotatable bonds is 1. The summed E-state index contributed by atoms with van der Waals surface area (Å²) in [4.78, 5) is 6.67. The second-order valence-electron chi connectivity index (χ2n) is 5.00.